The first-order chi connectivity index (χ1) is 7.58. The zero-order chi connectivity index (χ0) is 11.7. The third-order valence-corrected chi connectivity index (χ3v) is 3.35. The number of nitrogens with zero attached hydrogens (tertiary/aromatic N) is 2. The van der Waals surface area contributed by atoms with Crippen LogP contribution >= 0.6 is 11.3 Å². The Morgan fingerprint density at radius 3 is 2.75 bits per heavy atom. The van der Waals surface area contributed by atoms with E-state index in [2.05, 4.69) is 9.97 Å². The fourth-order valence-electron chi connectivity index (χ4n) is 1.26. The average molecular weight is 234 g/mol. The van der Waals surface area contributed by atoms with Crippen LogP contribution in [0.3, 0.4) is 0 Å². The number of aromatic nitrogens is 2. The van der Waals surface area contributed by atoms with Gasteiger partial charge < -0.3 is 5.11 Å². The maximum Gasteiger partial charge on any atom is 0.335 e. The summed E-state index contributed by atoms with van der Waals surface area (Å²) < 4.78 is 0. The van der Waals surface area contributed by atoms with E-state index in [9.17, 15) is 4.79 Å². The van der Waals surface area contributed by atoms with Gasteiger partial charge in [0.25, 0.3) is 0 Å². The molecule has 4 nitrogen and oxygen atoms in total. The number of carboxylic acids is 1. The molecule has 2 heterocycles. The lowest BCUT2D eigenvalue weighted by Gasteiger charge is -1.97. The van der Waals surface area contributed by atoms with E-state index < -0.39 is 5.97 Å². The summed E-state index contributed by atoms with van der Waals surface area (Å²) in [5.41, 5.74) is 1.80. The van der Waals surface area contributed by atoms with E-state index in [1.165, 1.54) is 23.6 Å². The van der Waals surface area contributed by atoms with E-state index in [0.717, 1.165) is 15.6 Å². The van der Waals surface area contributed by atoms with E-state index in [1.807, 2.05) is 13.8 Å². The van der Waals surface area contributed by atoms with Crippen molar-refractivity contribution in [2.45, 2.75) is 13.8 Å². The summed E-state index contributed by atoms with van der Waals surface area (Å²) in [5, 5.41) is 9.63. The molecule has 0 saturated heterocycles. The molecule has 0 bridgehead atoms. The topological polar surface area (TPSA) is 63.1 Å². The summed E-state index contributed by atoms with van der Waals surface area (Å²) in [5.74, 6) is -0.950. The van der Waals surface area contributed by atoms with Crippen LogP contribution in [0.5, 0.6) is 0 Å². The molecular weight excluding hydrogens is 224 g/mol. The third kappa shape index (κ3) is 1.94. The fraction of sp³-hybridized carbons (Fsp3) is 0.182. The number of aryl methyl sites for hydroxylation is 2. The molecule has 0 aliphatic heterocycles. The van der Waals surface area contributed by atoms with Crippen LogP contribution in [0.1, 0.15) is 20.9 Å². The maximum absolute atomic E-state index is 10.8. The van der Waals surface area contributed by atoms with E-state index in [-0.39, 0.29) is 5.56 Å². The van der Waals surface area contributed by atoms with Crippen molar-refractivity contribution in [3.63, 3.8) is 0 Å². The minimum absolute atomic E-state index is 0.232. The van der Waals surface area contributed by atoms with Crippen molar-refractivity contribution in [3.05, 3.63) is 34.5 Å². The maximum atomic E-state index is 10.8. The molecule has 0 aliphatic carbocycles. The monoisotopic (exact) mass is 234 g/mol. The number of hydrogen-bond acceptors (Lipinski definition) is 4. The van der Waals surface area contributed by atoms with Gasteiger partial charge in [-0.05, 0) is 26.0 Å². The van der Waals surface area contributed by atoms with Crippen LogP contribution in [0.15, 0.2) is 18.3 Å². The molecule has 0 atom stereocenters. The normalized spacial score (nSPS) is 10.4. The third-order valence-electron chi connectivity index (χ3n) is 2.25. The highest BCUT2D eigenvalue weighted by atomic mass is 32.1. The highest BCUT2D eigenvalue weighted by Crippen LogP contribution is 2.25. The zero-order valence-electron chi connectivity index (χ0n) is 8.89. The smallest absolute Gasteiger partial charge is 0.335 e. The molecule has 2 aromatic rings. The van der Waals surface area contributed by atoms with Gasteiger partial charge in [0.05, 0.1) is 17.0 Å². The summed E-state index contributed by atoms with van der Waals surface area (Å²) in [6.45, 7) is 3.91. The molecule has 0 aromatic carbocycles. The van der Waals surface area contributed by atoms with Gasteiger partial charge in [0.15, 0.2) is 0 Å². The molecule has 0 fully saturated rings. The minimum Gasteiger partial charge on any atom is -0.478 e. The Morgan fingerprint density at radius 2 is 2.19 bits per heavy atom. The lowest BCUT2D eigenvalue weighted by atomic mass is 10.2. The summed E-state index contributed by atoms with van der Waals surface area (Å²) in [6.07, 6.45) is 1.49. The van der Waals surface area contributed by atoms with Crippen molar-refractivity contribution < 1.29 is 9.90 Å². The molecule has 2 rings (SSSR count). The quantitative estimate of drug-likeness (QED) is 0.867. The van der Waals surface area contributed by atoms with Crippen LogP contribution in [0.4, 0.5) is 0 Å². The minimum atomic E-state index is -0.950. The van der Waals surface area contributed by atoms with Crippen LogP contribution in [0.2, 0.25) is 0 Å². The lowest BCUT2D eigenvalue weighted by molar-refractivity contribution is 0.0697. The van der Waals surface area contributed by atoms with E-state index in [0.29, 0.717) is 5.69 Å². The molecule has 16 heavy (non-hydrogen) atoms. The summed E-state index contributed by atoms with van der Waals surface area (Å²) in [4.78, 5) is 20.4. The van der Waals surface area contributed by atoms with Crippen LogP contribution in [0.25, 0.3) is 10.7 Å². The molecule has 0 amide bonds. The second kappa shape index (κ2) is 4.02. The van der Waals surface area contributed by atoms with Crippen LogP contribution in [-0.4, -0.2) is 21.0 Å². The SMILES string of the molecule is Cc1nc(-c2cc(C(=O)O)ccn2)sc1C. The predicted octanol–water partition coefficient (Wildman–Crippen LogP) is 2.52. The van der Waals surface area contributed by atoms with Gasteiger partial charge >= 0.3 is 5.97 Å². The highest BCUT2D eigenvalue weighted by Gasteiger charge is 2.10. The molecule has 0 saturated carbocycles. The summed E-state index contributed by atoms with van der Waals surface area (Å²) in [6, 6.07) is 3.01. The van der Waals surface area contributed by atoms with Gasteiger partial charge in [-0.1, -0.05) is 0 Å². The van der Waals surface area contributed by atoms with Gasteiger partial charge in [-0.3, -0.25) is 4.98 Å². The fourth-order valence-corrected chi connectivity index (χ4v) is 2.14. The molecule has 5 heteroatoms. The number of pyridine rings is 1. The van der Waals surface area contributed by atoms with Crippen molar-refractivity contribution in [1.82, 2.24) is 9.97 Å². The van der Waals surface area contributed by atoms with Gasteiger partial charge in [0, 0.05) is 11.1 Å². The van der Waals surface area contributed by atoms with Gasteiger partial charge in [0.2, 0.25) is 0 Å². The number of thiazole rings is 1. The molecule has 0 radical (unpaired) electrons. The Kier molecular flexibility index (Phi) is 2.70. The van der Waals surface area contributed by atoms with Gasteiger partial charge in [-0.2, -0.15) is 0 Å². The molecule has 0 unspecified atom stereocenters. The van der Waals surface area contributed by atoms with Crippen LogP contribution < -0.4 is 0 Å². The number of rotatable bonds is 2. The van der Waals surface area contributed by atoms with Crippen LogP contribution in [-0.2, 0) is 0 Å². The number of carboxylic acid groups (broad SMARTS) is 1. The zero-order valence-corrected chi connectivity index (χ0v) is 9.71. The van der Waals surface area contributed by atoms with Crippen molar-refractivity contribution in [3.8, 4) is 10.7 Å². The second-order valence-electron chi connectivity index (χ2n) is 3.40. The molecular formula is C11H10N2O2S. The second-order valence-corrected chi connectivity index (χ2v) is 4.60. The van der Waals surface area contributed by atoms with Crippen LogP contribution in [0, 0.1) is 13.8 Å². The Labute approximate surface area is 96.6 Å². The van der Waals surface area contributed by atoms with Crippen molar-refractivity contribution in [2.75, 3.05) is 0 Å². The summed E-state index contributed by atoms with van der Waals surface area (Å²) in [7, 11) is 0. The van der Waals surface area contributed by atoms with E-state index in [4.69, 9.17) is 5.11 Å². The first-order valence-electron chi connectivity index (χ1n) is 4.71. The Balaban J connectivity index is 2.48. The van der Waals surface area contributed by atoms with Gasteiger partial charge in [-0.25, -0.2) is 9.78 Å². The molecule has 1 N–H and O–H groups in total. The Bertz CT molecular complexity index is 529. The highest BCUT2D eigenvalue weighted by molar-refractivity contribution is 7.15. The number of aromatic carboxylic acids is 1. The van der Waals surface area contributed by atoms with Crippen molar-refractivity contribution in [2.24, 2.45) is 0 Å². The summed E-state index contributed by atoms with van der Waals surface area (Å²) >= 11 is 1.52. The molecule has 0 aliphatic rings. The van der Waals surface area contributed by atoms with Crippen molar-refractivity contribution in [1.29, 1.82) is 0 Å². The van der Waals surface area contributed by atoms with E-state index >= 15 is 0 Å². The van der Waals surface area contributed by atoms with Gasteiger partial charge in [-0.15, -0.1) is 11.3 Å². The molecule has 2 aromatic heterocycles. The predicted molar refractivity (Wildman–Crippen MR) is 61.8 cm³/mol. The Hall–Kier alpha value is -1.75. The first-order valence-corrected chi connectivity index (χ1v) is 5.53. The van der Waals surface area contributed by atoms with Gasteiger partial charge in [0.1, 0.15) is 5.01 Å². The number of hydrogen-bond donors (Lipinski definition) is 1. The first kappa shape index (κ1) is 10.8. The molecule has 0 spiro atoms. The largest absolute Gasteiger partial charge is 0.478 e. The van der Waals surface area contributed by atoms with E-state index in [1.54, 1.807) is 6.07 Å². The lowest BCUT2D eigenvalue weighted by Crippen LogP contribution is -1.97. The average Bonchev–Trinajstić information content (AvgIpc) is 2.59. The Morgan fingerprint density at radius 1 is 1.44 bits per heavy atom. The molecule has 82 valence electrons. The standard InChI is InChI=1S/C11H10N2O2S/c1-6-7(2)16-10(13-6)9-5-8(11(14)15)3-4-12-9/h3-5H,1-2H3,(H,14,15). The van der Waals surface area contributed by atoms with Crippen molar-refractivity contribution >= 4 is 17.3 Å². The number of carbonyl (C=O) groups is 1.